The Morgan fingerprint density at radius 1 is 1.17 bits per heavy atom. The van der Waals surface area contributed by atoms with E-state index in [1.165, 1.54) is 10.4 Å². The van der Waals surface area contributed by atoms with E-state index in [0.717, 1.165) is 66.2 Å². The van der Waals surface area contributed by atoms with Crippen LogP contribution in [0, 0.1) is 6.92 Å². The van der Waals surface area contributed by atoms with Crippen molar-refractivity contribution in [2.24, 2.45) is 0 Å². The molecular weight excluding hydrogens is 416 g/mol. The summed E-state index contributed by atoms with van der Waals surface area (Å²) in [4.78, 5) is 14.5. The number of anilines is 1. The molecule has 5 heterocycles. The molecule has 1 aliphatic rings. The largest absolute Gasteiger partial charge is 0.464 e. The van der Waals surface area contributed by atoms with Crippen molar-refractivity contribution in [1.82, 2.24) is 14.9 Å². The van der Waals surface area contributed by atoms with Crippen molar-refractivity contribution in [2.75, 3.05) is 31.6 Å². The number of aryl methyl sites for hydroxylation is 1. The summed E-state index contributed by atoms with van der Waals surface area (Å²) in [6.07, 6.45) is 0. The van der Waals surface area contributed by atoms with Crippen LogP contribution in [0.5, 0.6) is 0 Å². The van der Waals surface area contributed by atoms with Gasteiger partial charge in [-0.3, -0.25) is 4.90 Å². The van der Waals surface area contributed by atoms with Gasteiger partial charge >= 0.3 is 0 Å². The van der Waals surface area contributed by atoms with Crippen LogP contribution in [0.25, 0.3) is 20.7 Å². The first kappa shape index (κ1) is 19.7. The molecule has 0 bridgehead atoms. The molecule has 30 heavy (non-hydrogen) atoms. The van der Waals surface area contributed by atoms with Crippen molar-refractivity contribution < 1.29 is 9.15 Å². The summed E-state index contributed by atoms with van der Waals surface area (Å²) in [5.41, 5.74) is 1.19. The Morgan fingerprint density at radius 2 is 2.03 bits per heavy atom. The molecule has 0 spiro atoms. The van der Waals surface area contributed by atoms with Crippen LogP contribution in [0.2, 0.25) is 0 Å². The molecule has 5 rings (SSSR count). The Kier molecular flexibility index (Phi) is 5.56. The van der Waals surface area contributed by atoms with Crippen molar-refractivity contribution in [3.63, 3.8) is 0 Å². The topological polar surface area (TPSA) is 63.4 Å². The lowest BCUT2D eigenvalue weighted by molar-refractivity contribution is 0.0331. The lowest BCUT2D eigenvalue weighted by atomic mass is 10.1. The molecule has 0 amide bonds. The highest BCUT2D eigenvalue weighted by molar-refractivity contribution is 7.18. The average molecular weight is 441 g/mol. The predicted molar refractivity (Wildman–Crippen MR) is 122 cm³/mol. The van der Waals surface area contributed by atoms with Crippen molar-refractivity contribution in [3.8, 4) is 10.4 Å². The predicted octanol–water partition coefficient (Wildman–Crippen LogP) is 5.33. The van der Waals surface area contributed by atoms with Crippen molar-refractivity contribution in [2.45, 2.75) is 26.4 Å². The molecule has 1 saturated heterocycles. The summed E-state index contributed by atoms with van der Waals surface area (Å²) in [6.45, 7) is 8.16. The molecule has 0 aliphatic carbocycles. The van der Waals surface area contributed by atoms with Crippen molar-refractivity contribution >= 4 is 38.7 Å². The molecule has 0 saturated carbocycles. The van der Waals surface area contributed by atoms with E-state index in [-0.39, 0.29) is 6.04 Å². The van der Waals surface area contributed by atoms with E-state index in [2.05, 4.69) is 40.0 Å². The minimum atomic E-state index is 0.00382. The van der Waals surface area contributed by atoms with E-state index >= 15 is 0 Å². The van der Waals surface area contributed by atoms with Crippen molar-refractivity contribution in [3.05, 3.63) is 52.4 Å². The Balaban J connectivity index is 1.54. The number of aromatic nitrogens is 2. The van der Waals surface area contributed by atoms with E-state index in [0.29, 0.717) is 0 Å². The summed E-state index contributed by atoms with van der Waals surface area (Å²) in [5.74, 6) is 3.53. The van der Waals surface area contributed by atoms with E-state index < -0.39 is 0 Å². The number of fused-ring (bicyclic) bond motifs is 1. The van der Waals surface area contributed by atoms with Crippen LogP contribution in [0.4, 0.5) is 5.82 Å². The van der Waals surface area contributed by atoms with Gasteiger partial charge < -0.3 is 14.5 Å². The van der Waals surface area contributed by atoms with Crippen LogP contribution in [0.15, 0.2) is 39.4 Å². The number of morpholine rings is 1. The molecule has 0 unspecified atom stereocenters. The molecule has 0 aromatic carbocycles. The average Bonchev–Trinajstić information content (AvgIpc) is 3.49. The van der Waals surface area contributed by atoms with Gasteiger partial charge in [-0.2, -0.15) is 0 Å². The summed E-state index contributed by atoms with van der Waals surface area (Å²) in [7, 11) is 0. The number of hydrogen-bond acceptors (Lipinski definition) is 8. The summed E-state index contributed by atoms with van der Waals surface area (Å²) in [5, 5.41) is 8.99. The van der Waals surface area contributed by atoms with Crippen LogP contribution in [0.1, 0.15) is 30.3 Å². The minimum absolute atomic E-state index is 0.00382. The monoisotopic (exact) mass is 440 g/mol. The van der Waals surface area contributed by atoms with E-state index in [4.69, 9.17) is 19.1 Å². The number of nitrogens with one attached hydrogen (secondary N) is 1. The van der Waals surface area contributed by atoms with Crippen LogP contribution >= 0.6 is 22.7 Å². The van der Waals surface area contributed by atoms with Gasteiger partial charge in [0.2, 0.25) is 0 Å². The van der Waals surface area contributed by atoms with Crippen LogP contribution in [-0.4, -0.2) is 41.2 Å². The Labute approximate surface area is 183 Å². The Hall–Kier alpha value is -2.26. The first-order valence-corrected chi connectivity index (χ1v) is 11.9. The first-order chi connectivity index (χ1) is 14.7. The quantitative estimate of drug-likeness (QED) is 0.437. The molecule has 156 valence electrons. The van der Waals surface area contributed by atoms with Crippen LogP contribution in [0.3, 0.4) is 0 Å². The number of nitrogens with zero attached hydrogens (tertiary/aromatic N) is 3. The molecular formula is C22H24N4O2S2. The normalized spacial score (nSPS) is 16.2. The number of furan rings is 1. The van der Waals surface area contributed by atoms with Gasteiger partial charge in [0.15, 0.2) is 0 Å². The van der Waals surface area contributed by atoms with Gasteiger partial charge in [-0.05, 0) is 37.4 Å². The molecule has 8 heteroatoms. The number of hydrogen-bond donors (Lipinski definition) is 1. The van der Waals surface area contributed by atoms with Gasteiger partial charge in [0.05, 0.1) is 31.2 Å². The maximum Gasteiger partial charge on any atom is 0.146 e. The zero-order valence-corrected chi connectivity index (χ0v) is 18.7. The van der Waals surface area contributed by atoms with E-state index in [1.54, 1.807) is 22.7 Å². The third kappa shape index (κ3) is 4.00. The van der Waals surface area contributed by atoms with Crippen molar-refractivity contribution in [1.29, 1.82) is 0 Å². The van der Waals surface area contributed by atoms with Crippen LogP contribution in [-0.2, 0) is 11.3 Å². The van der Waals surface area contributed by atoms with Gasteiger partial charge in [0, 0.05) is 28.9 Å². The Morgan fingerprint density at radius 3 is 2.77 bits per heavy atom. The lowest BCUT2D eigenvalue weighted by Crippen LogP contribution is -2.36. The van der Waals surface area contributed by atoms with E-state index in [9.17, 15) is 0 Å². The molecule has 1 atom stereocenters. The summed E-state index contributed by atoms with van der Waals surface area (Å²) >= 11 is 3.42. The third-order valence-electron chi connectivity index (χ3n) is 5.28. The fraction of sp³-hybridized carbons (Fsp3) is 0.364. The first-order valence-electron chi connectivity index (χ1n) is 10.1. The van der Waals surface area contributed by atoms with E-state index in [1.807, 2.05) is 19.1 Å². The highest BCUT2D eigenvalue weighted by Crippen LogP contribution is 2.40. The second-order valence-corrected chi connectivity index (χ2v) is 9.30. The molecule has 4 aromatic rings. The minimum Gasteiger partial charge on any atom is -0.464 e. The zero-order valence-electron chi connectivity index (χ0n) is 17.1. The highest BCUT2D eigenvalue weighted by atomic mass is 32.1. The van der Waals surface area contributed by atoms with Gasteiger partial charge in [-0.15, -0.1) is 22.7 Å². The van der Waals surface area contributed by atoms with Gasteiger partial charge in [0.1, 0.15) is 28.0 Å². The van der Waals surface area contributed by atoms with Gasteiger partial charge in [-0.25, -0.2) is 9.97 Å². The zero-order chi connectivity index (χ0) is 20.5. The standard InChI is InChI=1S/C22H24N4O2S2/c1-14-5-6-17(28-14)15(2)23-21-20-16(18-4-3-11-29-18)13-30-22(20)25-19(24-21)12-26-7-9-27-10-8-26/h3-6,11,13,15H,7-10,12H2,1-2H3,(H,23,24,25)/t15-/m0/s1. The maximum absolute atomic E-state index is 5.84. The highest BCUT2D eigenvalue weighted by Gasteiger charge is 2.20. The fourth-order valence-electron chi connectivity index (χ4n) is 3.70. The number of thiophene rings is 2. The number of ether oxygens (including phenoxy) is 1. The Bertz CT molecular complexity index is 1130. The summed E-state index contributed by atoms with van der Waals surface area (Å²) < 4.78 is 11.3. The lowest BCUT2D eigenvalue weighted by Gasteiger charge is -2.26. The van der Waals surface area contributed by atoms with Gasteiger partial charge in [0.25, 0.3) is 0 Å². The molecule has 0 radical (unpaired) electrons. The maximum atomic E-state index is 5.84. The summed E-state index contributed by atoms with van der Waals surface area (Å²) in [6, 6.07) is 8.25. The smallest absolute Gasteiger partial charge is 0.146 e. The molecule has 4 aromatic heterocycles. The fourth-order valence-corrected chi connectivity index (χ4v) is 5.48. The molecule has 1 aliphatic heterocycles. The second kappa shape index (κ2) is 8.47. The molecule has 6 nitrogen and oxygen atoms in total. The second-order valence-electron chi connectivity index (χ2n) is 7.50. The van der Waals surface area contributed by atoms with Crippen LogP contribution < -0.4 is 5.32 Å². The molecule has 1 fully saturated rings. The van der Waals surface area contributed by atoms with Gasteiger partial charge in [-0.1, -0.05) is 6.07 Å². The SMILES string of the molecule is Cc1ccc([C@H](C)Nc2nc(CN3CCOCC3)nc3scc(-c4cccs4)c23)o1. The third-order valence-corrected chi connectivity index (χ3v) is 7.05. The molecule has 1 N–H and O–H groups in total. The number of rotatable bonds is 6.